The Kier molecular flexibility index (Phi) is 5.73. The van der Waals surface area contributed by atoms with E-state index in [2.05, 4.69) is 15.6 Å². The van der Waals surface area contributed by atoms with Crippen LogP contribution in [-0.2, 0) is 14.3 Å². The maximum atomic E-state index is 11.9. The molecule has 0 saturated heterocycles. The number of benzene rings is 1. The number of aryl methyl sites for hydroxylation is 1. The van der Waals surface area contributed by atoms with Gasteiger partial charge in [0.25, 0.3) is 5.91 Å². The van der Waals surface area contributed by atoms with Crippen molar-refractivity contribution >= 4 is 23.5 Å². The molecule has 7 nitrogen and oxygen atoms in total. The number of ether oxygens (including phenoxy) is 1. The minimum Gasteiger partial charge on any atom is -0.451 e. The van der Waals surface area contributed by atoms with Gasteiger partial charge in [-0.25, -0.2) is 4.79 Å². The second-order valence-corrected chi connectivity index (χ2v) is 5.23. The quantitative estimate of drug-likeness (QED) is 0.700. The number of amides is 2. The lowest BCUT2D eigenvalue weighted by atomic mass is 10.1. The van der Waals surface area contributed by atoms with Crippen molar-refractivity contribution < 1.29 is 19.1 Å². The average molecular weight is 329 g/mol. The van der Waals surface area contributed by atoms with E-state index in [1.807, 2.05) is 26.0 Å². The molecule has 2 rings (SSSR count). The molecule has 24 heavy (non-hydrogen) atoms. The molecule has 3 N–H and O–H groups in total. The summed E-state index contributed by atoms with van der Waals surface area (Å²) in [7, 11) is 0. The van der Waals surface area contributed by atoms with E-state index in [1.54, 1.807) is 18.3 Å². The molecule has 0 radical (unpaired) electrons. The van der Waals surface area contributed by atoms with Crippen molar-refractivity contribution in [3.05, 3.63) is 53.3 Å². The van der Waals surface area contributed by atoms with Crippen molar-refractivity contribution in [1.29, 1.82) is 0 Å². The molecular formula is C17H19N3O4. The molecule has 1 aromatic heterocycles. The van der Waals surface area contributed by atoms with Gasteiger partial charge in [0.05, 0.1) is 6.54 Å². The van der Waals surface area contributed by atoms with Crippen molar-refractivity contribution in [2.45, 2.75) is 13.8 Å². The zero-order chi connectivity index (χ0) is 17.5. The summed E-state index contributed by atoms with van der Waals surface area (Å²) in [5.41, 5.74) is 2.99. The summed E-state index contributed by atoms with van der Waals surface area (Å²) in [5.74, 6) is -1.53. The molecule has 126 valence electrons. The lowest BCUT2D eigenvalue weighted by Crippen LogP contribution is -2.35. The van der Waals surface area contributed by atoms with E-state index in [9.17, 15) is 14.4 Å². The smallest absolute Gasteiger partial charge is 0.355 e. The van der Waals surface area contributed by atoms with Crippen molar-refractivity contribution in [2.75, 3.05) is 18.5 Å². The SMILES string of the molecule is Cc1cccc(NC(=O)CNC(=O)COC(=O)c2ccc[nH]2)c1C. The van der Waals surface area contributed by atoms with Crippen LogP contribution in [0.2, 0.25) is 0 Å². The minimum absolute atomic E-state index is 0.202. The largest absolute Gasteiger partial charge is 0.451 e. The molecule has 1 aromatic carbocycles. The molecule has 2 amide bonds. The third-order valence-electron chi connectivity index (χ3n) is 3.48. The van der Waals surface area contributed by atoms with Gasteiger partial charge in [-0.3, -0.25) is 9.59 Å². The van der Waals surface area contributed by atoms with Crippen molar-refractivity contribution in [1.82, 2.24) is 10.3 Å². The summed E-state index contributed by atoms with van der Waals surface area (Å²) in [4.78, 5) is 37.7. The topological polar surface area (TPSA) is 100 Å². The lowest BCUT2D eigenvalue weighted by molar-refractivity contribution is -0.126. The van der Waals surface area contributed by atoms with Crippen molar-refractivity contribution in [2.24, 2.45) is 0 Å². The Labute approximate surface area is 139 Å². The van der Waals surface area contributed by atoms with Crippen LogP contribution in [0.3, 0.4) is 0 Å². The Morgan fingerprint density at radius 3 is 2.58 bits per heavy atom. The van der Waals surface area contributed by atoms with Gasteiger partial charge in [0, 0.05) is 11.9 Å². The highest BCUT2D eigenvalue weighted by Gasteiger charge is 2.12. The van der Waals surface area contributed by atoms with Crippen LogP contribution in [0.5, 0.6) is 0 Å². The lowest BCUT2D eigenvalue weighted by Gasteiger charge is -2.11. The van der Waals surface area contributed by atoms with Gasteiger partial charge in [0.2, 0.25) is 5.91 Å². The molecule has 0 unspecified atom stereocenters. The van der Waals surface area contributed by atoms with E-state index in [0.29, 0.717) is 5.69 Å². The highest BCUT2D eigenvalue weighted by atomic mass is 16.5. The number of nitrogens with one attached hydrogen (secondary N) is 3. The number of esters is 1. The number of aromatic amines is 1. The molecule has 0 bridgehead atoms. The maximum Gasteiger partial charge on any atom is 0.355 e. The molecule has 0 atom stereocenters. The second-order valence-electron chi connectivity index (χ2n) is 5.23. The highest BCUT2D eigenvalue weighted by molar-refractivity contribution is 5.95. The highest BCUT2D eigenvalue weighted by Crippen LogP contribution is 2.17. The zero-order valence-electron chi connectivity index (χ0n) is 13.5. The van der Waals surface area contributed by atoms with E-state index >= 15 is 0 Å². The van der Waals surface area contributed by atoms with Crippen molar-refractivity contribution in [3.63, 3.8) is 0 Å². The van der Waals surface area contributed by atoms with Crippen LogP contribution < -0.4 is 10.6 Å². The van der Waals surface area contributed by atoms with E-state index < -0.39 is 18.5 Å². The van der Waals surface area contributed by atoms with Gasteiger partial charge in [0.15, 0.2) is 6.61 Å². The standard InChI is InChI=1S/C17H19N3O4/c1-11-5-3-6-13(12(11)2)20-15(21)9-19-16(22)10-24-17(23)14-7-4-8-18-14/h3-8,18H,9-10H2,1-2H3,(H,19,22)(H,20,21). The average Bonchev–Trinajstić information content (AvgIpc) is 3.09. The van der Waals surface area contributed by atoms with Crippen LogP contribution in [0.4, 0.5) is 5.69 Å². The van der Waals surface area contributed by atoms with Gasteiger partial charge < -0.3 is 20.4 Å². The third kappa shape index (κ3) is 4.70. The van der Waals surface area contributed by atoms with Gasteiger partial charge >= 0.3 is 5.97 Å². The Morgan fingerprint density at radius 1 is 1.08 bits per heavy atom. The molecule has 0 fully saturated rings. The summed E-state index contributed by atoms with van der Waals surface area (Å²) in [6, 6.07) is 8.77. The van der Waals surface area contributed by atoms with E-state index in [-0.39, 0.29) is 18.1 Å². The fourth-order valence-electron chi connectivity index (χ4n) is 1.98. The minimum atomic E-state index is -0.630. The summed E-state index contributed by atoms with van der Waals surface area (Å²) in [5, 5.41) is 5.13. The third-order valence-corrected chi connectivity index (χ3v) is 3.48. The van der Waals surface area contributed by atoms with Crippen LogP contribution in [-0.4, -0.2) is 35.9 Å². The molecule has 2 aromatic rings. The predicted octanol–water partition coefficient (Wildman–Crippen LogP) is 1.54. The van der Waals surface area contributed by atoms with Gasteiger partial charge in [0.1, 0.15) is 5.69 Å². The van der Waals surface area contributed by atoms with Crippen LogP contribution in [0, 0.1) is 13.8 Å². The summed E-state index contributed by atoms with van der Waals surface area (Å²) in [6.45, 7) is 3.20. The van der Waals surface area contributed by atoms with Crippen LogP contribution in [0.15, 0.2) is 36.5 Å². The van der Waals surface area contributed by atoms with Gasteiger partial charge in [-0.2, -0.15) is 0 Å². The van der Waals surface area contributed by atoms with Gasteiger partial charge in [-0.15, -0.1) is 0 Å². The first-order valence-corrected chi connectivity index (χ1v) is 7.40. The number of hydrogen-bond acceptors (Lipinski definition) is 4. The number of aromatic nitrogens is 1. The van der Waals surface area contributed by atoms with Crippen LogP contribution in [0.1, 0.15) is 21.6 Å². The molecule has 1 heterocycles. The molecule has 0 aliphatic carbocycles. The monoisotopic (exact) mass is 329 g/mol. The number of carbonyl (C=O) groups is 3. The molecule has 0 aliphatic heterocycles. The first-order valence-electron chi connectivity index (χ1n) is 7.40. The first kappa shape index (κ1) is 17.3. The maximum absolute atomic E-state index is 11.9. The molecular weight excluding hydrogens is 310 g/mol. The van der Waals surface area contributed by atoms with E-state index in [0.717, 1.165) is 11.1 Å². The summed E-state index contributed by atoms with van der Waals surface area (Å²) >= 11 is 0. The number of carbonyl (C=O) groups excluding carboxylic acids is 3. The number of hydrogen-bond donors (Lipinski definition) is 3. The normalized spacial score (nSPS) is 10.1. The molecule has 0 saturated carbocycles. The van der Waals surface area contributed by atoms with Crippen LogP contribution in [0.25, 0.3) is 0 Å². The molecule has 7 heteroatoms. The summed E-state index contributed by atoms with van der Waals surface area (Å²) in [6.07, 6.45) is 1.58. The predicted molar refractivity (Wildman–Crippen MR) is 88.6 cm³/mol. The van der Waals surface area contributed by atoms with Gasteiger partial charge in [-0.05, 0) is 43.2 Å². The van der Waals surface area contributed by atoms with Gasteiger partial charge in [-0.1, -0.05) is 12.1 Å². The number of anilines is 1. The molecule has 0 aliphatic rings. The Bertz CT molecular complexity index is 738. The zero-order valence-corrected chi connectivity index (χ0v) is 13.5. The van der Waals surface area contributed by atoms with Crippen LogP contribution >= 0.6 is 0 Å². The first-order chi connectivity index (χ1) is 11.5. The summed E-state index contributed by atoms with van der Waals surface area (Å²) < 4.78 is 4.82. The molecule has 0 spiro atoms. The van der Waals surface area contributed by atoms with E-state index in [1.165, 1.54) is 6.07 Å². The van der Waals surface area contributed by atoms with Crippen molar-refractivity contribution in [3.8, 4) is 0 Å². The fraction of sp³-hybridized carbons (Fsp3) is 0.235. The second kappa shape index (κ2) is 7.96. The Balaban J connectivity index is 1.74. The number of H-pyrrole nitrogens is 1. The van der Waals surface area contributed by atoms with E-state index in [4.69, 9.17) is 4.74 Å². The Morgan fingerprint density at radius 2 is 1.88 bits per heavy atom. The fourth-order valence-corrected chi connectivity index (χ4v) is 1.98. The Hall–Kier alpha value is -3.09. The number of rotatable bonds is 6.